The van der Waals surface area contributed by atoms with Gasteiger partial charge in [-0.05, 0) is 24.3 Å². The second-order valence-electron chi connectivity index (χ2n) is 4.80. The third-order valence-corrected chi connectivity index (χ3v) is 3.42. The maximum absolute atomic E-state index is 10.7. The van der Waals surface area contributed by atoms with Crippen LogP contribution >= 0.6 is 11.6 Å². The molecule has 116 valence electrons. The van der Waals surface area contributed by atoms with Crippen molar-refractivity contribution in [1.29, 1.82) is 0 Å². The van der Waals surface area contributed by atoms with Gasteiger partial charge in [0.2, 0.25) is 5.88 Å². The maximum atomic E-state index is 10.7. The van der Waals surface area contributed by atoms with E-state index < -0.39 is 12.6 Å². The Balaban J connectivity index is 2.05. The van der Waals surface area contributed by atoms with Crippen LogP contribution in [0, 0.1) is 0 Å². The fraction of sp³-hybridized carbons (Fsp3) is 0.0588. The van der Waals surface area contributed by atoms with Crippen molar-refractivity contribution in [3.8, 4) is 22.8 Å². The number of para-hydroxylation sites is 1. The zero-order valence-corrected chi connectivity index (χ0v) is 12.8. The molecule has 0 amide bonds. The van der Waals surface area contributed by atoms with Gasteiger partial charge in [-0.1, -0.05) is 41.9 Å². The summed E-state index contributed by atoms with van der Waals surface area (Å²) >= 11 is 5.93. The van der Waals surface area contributed by atoms with Crippen molar-refractivity contribution in [2.75, 3.05) is 6.61 Å². The molecule has 6 heteroatoms. The molecule has 3 rings (SSSR count). The Bertz CT molecular complexity index is 814. The number of nitrogens with zero attached hydrogens (tertiary/aromatic N) is 2. The molecule has 23 heavy (non-hydrogen) atoms. The quantitative estimate of drug-likeness (QED) is 0.776. The fourth-order valence-corrected chi connectivity index (χ4v) is 2.28. The Labute approximate surface area is 137 Å². The summed E-state index contributed by atoms with van der Waals surface area (Å²) in [6.45, 7) is -0.439. The first-order chi connectivity index (χ1) is 11.1. The standard InChI is InChI=1S/C17H13ClN2O3/c18-13-8-6-12(7-9-13)15-10-16(23-11-17(21)22)19-20(15)14-4-2-1-3-5-14/h1-10H,11H2,(H,21,22). The van der Waals surface area contributed by atoms with E-state index >= 15 is 0 Å². The molecule has 0 spiro atoms. The molecule has 0 unspecified atom stereocenters. The maximum Gasteiger partial charge on any atom is 0.341 e. The molecule has 3 aromatic rings. The molecule has 0 fully saturated rings. The number of benzene rings is 2. The number of carbonyl (C=O) groups is 1. The molecule has 1 heterocycles. The molecule has 5 nitrogen and oxygen atoms in total. The van der Waals surface area contributed by atoms with Crippen molar-refractivity contribution in [1.82, 2.24) is 9.78 Å². The topological polar surface area (TPSA) is 64.3 Å². The molecule has 0 aliphatic heterocycles. The Hall–Kier alpha value is -2.79. The second-order valence-corrected chi connectivity index (χ2v) is 5.24. The number of rotatable bonds is 5. The van der Waals surface area contributed by atoms with Crippen LogP contribution in [0.5, 0.6) is 5.88 Å². The van der Waals surface area contributed by atoms with Gasteiger partial charge in [0.15, 0.2) is 6.61 Å². The molecule has 0 radical (unpaired) electrons. The van der Waals surface area contributed by atoms with Gasteiger partial charge in [-0.3, -0.25) is 0 Å². The lowest BCUT2D eigenvalue weighted by Crippen LogP contribution is -2.09. The molecular weight excluding hydrogens is 316 g/mol. The van der Waals surface area contributed by atoms with E-state index in [-0.39, 0.29) is 5.88 Å². The van der Waals surface area contributed by atoms with Crippen LogP contribution in [0.2, 0.25) is 5.02 Å². The van der Waals surface area contributed by atoms with Crippen molar-refractivity contribution < 1.29 is 14.6 Å². The lowest BCUT2D eigenvalue weighted by molar-refractivity contribution is -0.139. The number of aliphatic carboxylic acids is 1. The van der Waals surface area contributed by atoms with Crippen LogP contribution < -0.4 is 4.74 Å². The first kappa shape index (κ1) is 15.1. The van der Waals surface area contributed by atoms with Gasteiger partial charge in [0, 0.05) is 16.7 Å². The molecule has 1 N–H and O–H groups in total. The zero-order chi connectivity index (χ0) is 16.2. The Morgan fingerprint density at radius 1 is 1.13 bits per heavy atom. The van der Waals surface area contributed by atoms with E-state index in [0.717, 1.165) is 16.9 Å². The summed E-state index contributed by atoms with van der Waals surface area (Å²) in [5.41, 5.74) is 2.53. The van der Waals surface area contributed by atoms with Crippen molar-refractivity contribution >= 4 is 17.6 Å². The lowest BCUT2D eigenvalue weighted by atomic mass is 10.1. The van der Waals surface area contributed by atoms with Crippen LogP contribution in [-0.2, 0) is 4.79 Å². The highest BCUT2D eigenvalue weighted by atomic mass is 35.5. The largest absolute Gasteiger partial charge is 0.479 e. The SMILES string of the molecule is O=C(O)COc1cc(-c2ccc(Cl)cc2)n(-c2ccccc2)n1. The Morgan fingerprint density at radius 3 is 2.48 bits per heavy atom. The number of halogens is 1. The van der Waals surface area contributed by atoms with E-state index in [9.17, 15) is 4.79 Å². The van der Waals surface area contributed by atoms with Crippen molar-refractivity contribution in [3.05, 3.63) is 65.7 Å². The fourth-order valence-electron chi connectivity index (χ4n) is 2.16. The van der Waals surface area contributed by atoms with E-state index in [2.05, 4.69) is 5.10 Å². The van der Waals surface area contributed by atoms with Crippen LogP contribution in [0.25, 0.3) is 16.9 Å². The minimum atomic E-state index is -1.05. The highest BCUT2D eigenvalue weighted by Crippen LogP contribution is 2.28. The molecule has 0 aliphatic carbocycles. The monoisotopic (exact) mass is 328 g/mol. The first-order valence-electron chi connectivity index (χ1n) is 6.89. The summed E-state index contributed by atoms with van der Waals surface area (Å²) < 4.78 is 6.91. The summed E-state index contributed by atoms with van der Waals surface area (Å²) in [5.74, 6) is -0.798. The van der Waals surface area contributed by atoms with Gasteiger partial charge in [0.1, 0.15) is 0 Å². The minimum absolute atomic E-state index is 0.251. The molecule has 0 aliphatic rings. The summed E-state index contributed by atoms with van der Waals surface area (Å²) in [4.78, 5) is 10.7. The zero-order valence-electron chi connectivity index (χ0n) is 12.0. The molecule has 0 saturated carbocycles. The molecule has 1 aromatic heterocycles. The van der Waals surface area contributed by atoms with E-state index in [1.807, 2.05) is 42.5 Å². The number of hydrogen-bond donors (Lipinski definition) is 1. The average Bonchev–Trinajstić information content (AvgIpc) is 2.99. The van der Waals surface area contributed by atoms with Gasteiger partial charge >= 0.3 is 5.97 Å². The van der Waals surface area contributed by atoms with Crippen molar-refractivity contribution in [3.63, 3.8) is 0 Å². The smallest absolute Gasteiger partial charge is 0.341 e. The third-order valence-electron chi connectivity index (χ3n) is 3.17. The summed E-state index contributed by atoms with van der Waals surface area (Å²) in [7, 11) is 0. The average molecular weight is 329 g/mol. The lowest BCUT2D eigenvalue weighted by Gasteiger charge is -2.07. The highest BCUT2D eigenvalue weighted by Gasteiger charge is 2.13. The van der Waals surface area contributed by atoms with Crippen molar-refractivity contribution in [2.24, 2.45) is 0 Å². The van der Waals surface area contributed by atoms with Gasteiger partial charge in [-0.25, -0.2) is 9.48 Å². The van der Waals surface area contributed by atoms with E-state index in [1.54, 1.807) is 22.9 Å². The van der Waals surface area contributed by atoms with Crippen LogP contribution in [0.3, 0.4) is 0 Å². The predicted octanol–water partition coefficient (Wildman–Crippen LogP) is 3.66. The van der Waals surface area contributed by atoms with Gasteiger partial charge in [0.05, 0.1) is 11.4 Å². The van der Waals surface area contributed by atoms with Gasteiger partial charge in [-0.15, -0.1) is 5.10 Å². The molecule has 0 bridgehead atoms. The van der Waals surface area contributed by atoms with E-state index in [0.29, 0.717) is 5.02 Å². The van der Waals surface area contributed by atoms with Crippen LogP contribution in [0.15, 0.2) is 60.7 Å². The summed E-state index contributed by atoms with van der Waals surface area (Å²) in [6.07, 6.45) is 0. The number of hydrogen-bond acceptors (Lipinski definition) is 3. The van der Waals surface area contributed by atoms with Gasteiger partial charge in [-0.2, -0.15) is 0 Å². The Morgan fingerprint density at radius 2 is 1.83 bits per heavy atom. The normalized spacial score (nSPS) is 10.5. The summed E-state index contributed by atoms with van der Waals surface area (Å²) in [5, 5.41) is 13.7. The highest BCUT2D eigenvalue weighted by molar-refractivity contribution is 6.30. The van der Waals surface area contributed by atoms with Gasteiger partial charge in [0.25, 0.3) is 0 Å². The third kappa shape index (κ3) is 3.52. The molecular formula is C17H13ClN2O3. The number of carboxylic acid groups (broad SMARTS) is 1. The first-order valence-corrected chi connectivity index (χ1v) is 7.27. The van der Waals surface area contributed by atoms with E-state index in [4.69, 9.17) is 21.4 Å². The molecule has 2 aromatic carbocycles. The molecule has 0 atom stereocenters. The number of aromatic nitrogens is 2. The van der Waals surface area contributed by atoms with Crippen molar-refractivity contribution in [2.45, 2.75) is 0 Å². The second kappa shape index (κ2) is 6.54. The van der Waals surface area contributed by atoms with Crippen LogP contribution in [0.4, 0.5) is 0 Å². The van der Waals surface area contributed by atoms with Crippen LogP contribution in [-0.4, -0.2) is 27.5 Å². The Kier molecular flexibility index (Phi) is 4.30. The summed E-state index contributed by atoms with van der Waals surface area (Å²) in [6, 6.07) is 18.6. The molecule has 0 saturated heterocycles. The van der Waals surface area contributed by atoms with Crippen LogP contribution in [0.1, 0.15) is 0 Å². The van der Waals surface area contributed by atoms with Gasteiger partial charge < -0.3 is 9.84 Å². The minimum Gasteiger partial charge on any atom is -0.479 e. The predicted molar refractivity (Wildman–Crippen MR) is 87.1 cm³/mol. The number of ether oxygens (including phenoxy) is 1. The number of carboxylic acids is 1. The van der Waals surface area contributed by atoms with E-state index in [1.165, 1.54) is 0 Å².